The first-order chi connectivity index (χ1) is 8.96. The van der Waals surface area contributed by atoms with Crippen LogP contribution in [-0.4, -0.2) is 9.55 Å². The van der Waals surface area contributed by atoms with Gasteiger partial charge in [0.25, 0.3) is 5.56 Å². The van der Waals surface area contributed by atoms with Crippen LogP contribution >= 0.6 is 15.9 Å². The smallest absolute Gasteiger partial charge is 0.261 e. The molecule has 0 saturated heterocycles. The number of halogens is 1. The first-order valence-electron chi connectivity index (χ1n) is 6.65. The largest absolute Gasteiger partial charge is 0.296 e. The van der Waals surface area contributed by atoms with Gasteiger partial charge in [-0.2, -0.15) is 0 Å². The van der Waals surface area contributed by atoms with Crippen LogP contribution in [0.15, 0.2) is 27.5 Å². The maximum absolute atomic E-state index is 12.6. The Hall–Kier alpha value is -1.16. The molecule has 0 atom stereocenters. The molecule has 3 nitrogen and oxygen atoms in total. The van der Waals surface area contributed by atoms with Crippen LogP contribution in [0.1, 0.15) is 32.5 Å². The highest BCUT2D eigenvalue weighted by Crippen LogP contribution is 2.30. The second kappa shape index (κ2) is 4.44. The molecule has 0 amide bonds. The van der Waals surface area contributed by atoms with E-state index in [-0.39, 0.29) is 11.0 Å². The van der Waals surface area contributed by atoms with E-state index in [4.69, 9.17) is 4.98 Å². The molecule has 1 aromatic carbocycles. The molecule has 0 unspecified atom stereocenters. The molecular formula is C15H17BrN2O. The lowest BCUT2D eigenvalue weighted by molar-refractivity contribution is 0.330. The van der Waals surface area contributed by atoms with Gasteiger partial charge in [-0.1, -0.05) is 29.8 Å². The van der Waals surface area contributed by atoms with Gasteiger partial charge in [0, 0.05) is 17.4 Å². The van der Waals surface area contributed by atoms with Crippen molar-refractivity contribution in [3.63, 3.8) is 0 Å². The average Bonchev–Trinajstić information content (AvgIpc) is 2.46. The van der Waals surface area contributed by atoms with Crippen molar-refractivity contribution >= 4 is 26.8 Å². The van der Waals surface area contributed by atoms with Crippen molar-refractivity contribution in [3.05, 3.63) is 38.9 Å². The number of fused-ring (bicyclic) bond motifs is 2. The van der Waals surface area contributed by atoms with Crippen LogP contribution in [0.25, 0.3) is 10.9 Å². The molecular weight excluding hydrogens is 304 g/mol. The van der Waals surface area contributed by atoms with Gasteiger partial charge in [0.15, 0.2) is 0 Å². The van der Waals surface area contributed by atoms with E-state index in [2.05, 4.69) is 29.8 Å². The summed E-state index contributed by atoms with van der Waals surface area (Å²) >= 11 is 3.44. The molecule has 0 saturated carbocycles. The van der Waals surface area contributed by atoms with Crippen LogP contribution in [-0.2, 0) is 13.0 Å². The van der Waals surface area contributed by atoms with Gasteiger partial charge >= 0.3 is 0 Å². The Morgan fingerprint density at radius 1 is 1.37 bits per heavy atom. The van der Waals surface area contributed by atoms with E-state index in [1.165, 1.54) is 0 Å². The zero-order chi connectivity index (χ0) is 13.6. The van der Waals surface area contributed by atoms with Crippen molar-refractivity contribution < 1.29 is 0 Å². The highest BCUT2D eigenvalue weighted by Gasteiger charge is 2.25. The first-order valence-corrected chi connectivity index (χ1v) is 7.45. The molecule has 19 heavy (non-hydrogen) atoms. The summed E-state index contributed by atoms with van der Waals surface area (Å²) in [6.07, 6.45) is 3.05. The predicted molar refractivity (Wildman–Crippen MR) is 80.4 cm³/mol. The lowest BCUT2D eigenvalue weighted by Crippen LogP contribution is -2.25. The molecule has 100 valence electrons. The Kier molecular flexibility index (Phi) is 3.01. The fourth-order valence-electron chi connectivity index (χ4n) is 2.84. The number of rotatable bonds is 0. The van der Waals surface area contributed by atoms with E-state index >= 15 is 0 Å². The predicted octanol–water partition coefficient (Wildman–Crippen LogP) is 3.52. The van der Waals surface area contributed by atoms with Crippen LogP contribution in [0.3, 0.4) is 0 Å². The Labute approximate surface area is 120 Å². The van der Waals surface area contributed by atoms with Crippen molar-refractivity contribution in [1.29, 1.82) is 0 Å². The molecule has 4 heteroatoms. The summed E-state index contributed by atoms with van der Waals surface area (Å²) in [7, 11) is 0. The first kappa shape index (κ1) is 12.9. The molecule has 0 aliphatic carbocycles. The second-order valence-electron chi connectivity index (χ2n) is 6.09. The molecule has 2 heterocycles. The molecule has 1 aliphatic rings. The number of nitrogens with zero attached hydrogens (tertiary/aromatic N) is 2. The Bertz CT molecular complexity index is 703. The zero-order valence-corrected chi connectivity index (χ0v) is 12.8. The minimum atomic E-state index is 0.102. The molecule has 3 rings (SSSR count). The van der Waals surface area contributed by atoms with Crippen molar-refractivity contribution in [3.8, 4) is 0 Å². The van der Waals surface area contributed by atoms with Crippen molar-refractivity contribution in [2.45, 2.75) is 39.7 Å². The maximum Gasteiger partial charge on any atom is 0.261 e. The Balaban J connectivity index is 2.28. The van der Waals surface area contributed by atoms with Gasteiger partial charge in [-0.3, -0.25) is 9.36 Å². The van der Waals surface area contributed by atoms with E-state index in [1.54, 1.807) is 0 Å². The molecule has 0 spiro atoms. The second-order valence-corrected chi connectivity index (χ2v) is 7.01. The van der Waals surface area contributed by atoms with Gasteiger partial charge in [0.2, 0.25) is 0 Å². The number of aromatic nitrogens is 2. The monoisotopic (exact) mass is 320 g/mol. The van der Waals surface area contributed by atoms with Gasteiger partial charge in [-0.15, -0.1) is 0 Å². The van der Waals surface area contributed by atoms with Crippen molar-refractivity contribution in [1.82, 2.24) is 9.55 Å². The van der Waals surface area contributed by atoms with E-state index in [1.807, 2.05) is 22.8 Å². The summed E-state index contributed by atoms with van der Waals surface area (Å²) in [5.74, 6) is 0.929. The lowest BCUT2D eigenvalue weighted by Gasteiger charge is -2.21. The third-order valence-electron chi connectivity index (χ3n) is 3.87. The van der Waals surface area contributed by atoms with Gasteiger partial charge in [-0.25, -0.2) is 4.98 Å². The third kappa shape index (κ3) is 2.34. The zero-order valence-electron chi connectivity index (χ0n) is 11.2. The van der Waals surface area contributed by atoms with Gasteiger partial charge < -0.3 is 0 Å². The van der Waals surface area contributed by atoms with Gasteiger partial charge in [0.05, 0.1) is 10.9 Å². The highest BCUT2D eigenvalue weighted by atomic mass is 79.9. The number of benzene rings is 1. The normalized spacial score (nSPS) is 18.1. The number of hydrogen-bond donors (Lipinski definition) is 0. The fourth-order valence-corrected chi connectivity index (χ4v) is 3.19. The van der Waals surface area contributed by atoms with E-state index < -0.39 is 0 Å². The Morgan fingerprint density at radius 2 is 2.16 bits per heavy atom. The van der Waals surface area contributed by atoms with Crippen molar-refractivity contribution in [2.24, 2.45) is 5.41 Å². The third-order valence-corrected chi connectivity index (χ3v) is 4.36. The molecule has 1 aromatic heterocycles. The summed E-state index contributed by atoms with van der Waals surface area (Å²) in [6.45, 7) is 5.29. The van der Waals surface area contributed by atoms with Gasteiger partial charge in [-0.05, 0) is 36.5 Å². The number of hydrogen-bond acceptors (Lipinski definition) is 2. The van der Waals surface area contributed by atoms with Crippen LogP contribution in [0.4, 0.5) is 0 Å². The molecule has 2 aromatic rings. The molecule has 0 bridgehead atoms. The summed E-state index contributed by atoms with van der Waals surface area (Å²) in [5.41, 5.74) is 1.12. The minimum absolute atomic E-state index is 0.102. The van der Waals surface area contributed by atoms with Crippen LogP contribution in [0, 0.1) is 5.41 Å². The minimum Gasteiger partial charge on any atom is -0.296 e. The standard InChI is InChI=1S/C15H17BrN2O/c1-15(2)6-3-7-18-13(9-15)17-12-8-10(16)4-5-11(12)14(18)19/h4-5,8H,3,6-7,9H2,1-2H3. The van der Waals surface area contributed by atoms with Gasteiger partial charge in [0.1, 0.15) is 5.82 Å². The van der Waals surface area contributed by atoms with E-state index in [0.717, 1.165) is 41.6 Å². The average molecular weight is 321 g/mol. The quantitative estimate of drug-likeness (QED) is 0.744. The molecule has 1 aliphatic heterocycles. The van der Waals surface area contributed by atoms with Crippen LogP contribution in [0.2, 0.25) is 0 Å². The topological polar surface area (TPSA) is 34.9 Å². The fraction of sp³-hybridized carbons (Fsp3) is 0.467. The summed E-state index contributed by atoms with van der Waals surface area (Å²) in [4.78, 5) is 17.3. The summed E-state index contributed by atoms with van der Waals surface area (Å²) < 4.78 is 2.83. The van der Waals surface area contributed by atoms with Crippen LogP contribution < -0.4 is 5.56 Å². The Morgan fingerprint density at radius 3 is 2.95 bits per heavy atom. The molecule has 0 radical (unpaired) electrons. The molecule has 0 N–H and O–H groups in total. The van der Waals surface area contributed by atoms with Crippen LogP contribution in [0.5, 0.6) is 0 Å². The molecule has 0 fully saturated rings. The SMILES string of the molecule is CC1(C)CCCn2c(nc3cc(Br)ccc3c2=O)C1. The summed E-state index contributed by atoms with van der Waals surface area (Å²) in [5, 5.41) is 0.714. The highest BCUT2D eigenvalue weighted by molar-refractivity contribution is 9.10. The van der Waals surface area contributed by atoms with E-state index in [0.29, 0.717) is 5.39 Å². The maximum atomic E-state index is 12.6. The van der Waals surface area contributed by atoms with Crippen molar-refractivity contribution in [2.75, 3.05) is 0 Å². The van der Waals surface area contributed by atoms with E-state index in [9.17, 15) is 4.79 Å². The lowest BCUT2D eigenvalue weighted by atomic mass is 9.85. The summed E-state index contributed by atoms with van der Waals surface area (Å²) in [6, 6.07) is 5.69.